The minimum absolute atomic E-state index is 0.347. The summed E-state index contributed by atoms with van der Waals surface area (Å²) in [4.78, 5) is 0. The molecule has 0 aromatic heterocycles. The van der Waals surface area contributed by atoms with Gasteiger partial charge in [-0.1, -0.05) is 71.9 Å². The van der Waals surface area contributed by atoms with E-state index in [4.69, 9.17) is 26.8 Å². The first-order valence-corrected chi connectivity index (χ1v) is 10.6. The molecule has 154 valence electrons. The number of ether oxygens (including phenoxy) is 2. The third-order valence-electron chi connectivity index (χ3n) is 4.08. The highest BCUT2D eigenvalue weighted by molar-refractivity contribution is 8.13. The SMILES string of the molecule is COc1cccc(C=NN=C(N)SCc2ccccc2)c1OCc1cccc(Cl)c1. The van der Waals surface area contributed by atoms with Crippen LogP contribution in [0, 0.1) is 0 Å². The minimum Gasteiger partial charge on any atom is -0.493 e. The monoisotopic (exact) mass is 439 g/mol. The first kappa shape index (κ1) is 21.7. The summed E-state index contributed by atoms with van der Waals surface area (Å²) in [6.07, 6.45) is 1.60. The lowest BCUT2D eigenvalue weighted by Gasteiger charge is -2.13. The highest BCUT2D eigenvalue weighted by atomic mass is 35.5. The summed E-state index contributed by atoms with van der Waals surface area (Å²) < 4.78 is 11.4. The molecule has 3 aromatic rings. The minimum atomic E-state index is 0.347. The van der Waals surface area contributed by atoms with Gasteiger partial charge in [-0.25, -0.2) is 0 Å². The number of nitrogens with two attached hydrogens (primary N) is 1. The highest BCUT2D eigenvalue weighted by Crippen LogP contribution is 2.31. The maximum absolute atomic E-state index is 6.05. The van der Waals surface area contributed by atoms with Gasteiger partial charge in [-0.2, -0.15) is 5.10 Å². The molecule has 0 heterocycles. The molecule has 0 unspecified atom stereocenters. The van der Waals surface area contributed by atoms with Gasteiger partial charge in [-0.3, -0.25) is 0 Å². The number of methoxy groups -OCH3 is 1. The summed E-state index contributed by atoms with van der Waals surface area (Å²) in [6, 6.07) is 23.2. The second kappa shape index (κ2) is 11.3. The third kappa shape index (κ3) is 6.54. The van der Waals surface area contributed by atoms with Gasteiger partial charge in [0.15, 0.2) is 16.7 Å². The van der Waals surface area contributed by atoms with Crippen LogP contribution in [-0.2, 0) is 12.4 Å². The molecule has 3 rings (SSSR count). The van der Waals surface area contributed by atoms with Crippen LogP contribution in [0.2, 0.25) is 5.02 Å². The Morgan fingerprint density at radius 1 is 1.03 bits per heavy atom. The standard InChI is InChI=1S/C23H22ClN3O2S/c1-28-21-12-6-10-19(22(21)29-15-18-9-5-11-20(24)13-18)14-26-27-23(25)30-16-17-7-3-2-4-8-17/h2-14H,15-16H2,1H3,(H2,25,27). The number of benzene rings is 3. The number of nitrogens with zero attached hydrogens (tertiary/aromatic N) is 2. The van der Waals surface area contributed by atoms with Crippen molar-refractivity contribution in [2.45, 2.75) is 12.4 Å². The number of rotatable bonds is 8. The quantitative estimate of drug-likeness (QED) is 0.285. The molecule has 7 heteroatoms. The van der Waals surface area contributed by atoms with Gasteiger partial charge in [0.25, 0.3) is 0 Å². The van der Waals surface area contributed by atoms with E-state index in [1.54, 1.807) is 13.3 Å². The Hall–Kier alpha value is -2.96. The molecule has 0 aliphatic carbocycles. The van der Waals surface area contributed by atoms with Crippen LogP contribution < -0.4 is 15.2 Å². The van der Waals surface area contributed by atoms with Crippen molar-refractivity contribution in [3.63, 3.8) is 0 Å². The van der Waals surface area contributed by atoms with Gasteiger partial charge in [0.2, 0.25) is 0 Å². The van der Waals surface area contributed by atoms with E-state index in [0.717, 1.165) is 16.9 Å². The van der Waals surface area contributed by atoms with Gasteiger partial charge in [0, 0.05) is 16.3 Å². The van der Waals surface area contributed by atoms with Crippen molar-refractivity contribution in [3.8, 4) is 11.5 Å². The van der Waals surface area contributed by atoms with E-state index in [1.165, 1.54) is 17.3 Å². The molecular weight excluding hydrogens is 418 g/mol. The second-order valence-corrected chi connectivity index (χ2v) is 7.69. The molecule has 5 nitrogen and oxygen atoms in total. The first-order chi connectivity index (χ1) is 14.7. The molecule has 0 saturated heterocycles. The molecule has 0 fully saturated rings. The highest BCUT2D eigenvalue weighted by Gasteiger charge is 2.10. The molecule has 0 aliphatic heterocycles. The topological polar surface area (TPSA) is 69.2 Å². The van der Waals surface area contributed by atoms with Crippen molar-refractivity contribution in [1.29, 1.82) is 0 Å². The van der Waals surface area contributed by atoms with Crippen LogP contribution in [0.4, 0.5) is 0 Å². The summed E-state index contributed by atoms with van der Waals surface area (Å²) in [5.74, 6) is 1.92. The smallest absolute Gasteiger partial charge is 0.180 e. The fourth-order valence-corrected chi connectivity index (χ4v) is 3.47. The number of halogens is 1. The van der Waals surface area contributed by atoms with Crippen molar-refractivity contribution in [1.82, 2.24) is 0 Å². The number of hydrogen-bond acceptors (Lipinski definition) is 5. The lowest BCUT2D eigenvalue weighted by molar-refractivity contribution is 0.284. The molecule has 3 aromatic carbocycles. The maximum Gasteiger partial charge on any atom is 0.180 e. The molecule has 0 aliphatic rings. The fraction of sp³-hybridized carbons (Fsp3) is 0.130. The van der Waals surface area contributed by atoms with Crippen LogP contribution in [-0.4, -0.2) is 18.5 Å². The maximum atomic E-state index is 6.05. The Balaban J connectivity index is 1.68. The van der Waals surface area contributed by atoms with Gasteiger partial charge >= 0.3 is 0 Å². The van der Waals surface area contributed by atoms with E-state index in [0.29, 0.717) is 28.3 Å². The van der Waals surface area contributed by atoms with Crippen LogP contribution in [0.1, 0.15) is 16.7 Å². The van der Waals surface area contributed by atoms with E-state index < -0.39 is 0 Å². The van der Waals surface area contributed by atoms with Crippen LogP contribution in [0.25, 0.3) is 0 Å². The Bertz CT molecular complexity index is 1030. The second-order valence-electron chi connectivity index (χ2n) is 6.25. The number of amidine groups is 1. The van der Waals surface area contributed by atoms with E-state index in [-0.39, 0.29) is 0 Å². The molecule has 0 saturated carbocycles. The first-order valence-electron chi connectivity index (χ1n) is 9.23. The average molecular weight is 440 g/mol. The normalized spacial score (nSPS) is 11.6. The Labute approximate surface area is 185 Å². The molecule has 0 radical (unpaired) electrons. The predicted octanol–water partition coefficient (Wildman–Crippen LogP) is 5.51. The van der Waals surface area contributed by atoms with Crippen LogP contribution in [0.15, 0.2) is 83.0 Å². The Kier molecular flexibility index (Phi) is 8.18. The van der Waals surface area contributed by atoms with Gasteiger partial charge in [-0.15, -0.1) is 5.10 Å². The van der Waals surface area contributed by atoms with Crippen molar-refractivity contribution >= 4 is 34.7 Å². The van der Waals surface area contributed by atoms with Crippen molar-refractivity contribution < 1.29 is 9.47 Å². The lowest BCUT2D eigenvalue weighted by atomic mass is 10.2. The van der Waals surface area contributed by atoms with E-state index >= 15 is 0 Å². The van der Waals surface area contributed by atoms with Gasteiger partial charge < -0.3 is 15.2 Å². The van der Waals surface area contributed by atoms with Crippen molar-refractivity contribution in [2.24, 2.45) is 15.9 Å². The Morgan fingerprint density at radius 3 is 2.57 bits per heavy atom. The number of hydrogen-bond donors (Lipinski definition) is 1. The largest absolute Gasteiger partial charge is 0.493 e. The molecule has 2 N–H and O–H groups in total. The third-order valence-corrected chi connectivity index (χ3v) is 5.17. The lowest BCUT2D eigenvalue weighted by Crippen LogP contribution is -2.06. The molecule has 0 amide bonds. The number of thioether (sulfide) groups is 1. The molecular formula is C23H22ClN3O2S. The summed E-state index contributed by atoms with van der Waals surface area (Å²) in [6.45, 7) is 0.347. The summed E-state index contributed by atoms with van der Waals surface area (Å²) in [5.41, 5.74) is 8.83. The predicted molar refractivity (Wildman–Crippen MR) is 126 cm³/mol. The fourth-order valence-electron chi connectivity index (χ4n) is 2.64. The molecule has 0 bridgehead atoms. The molecule has 30 heavy (non-hydrogen) atoms. The number of para-hydroxylation sites is 1. The zero-order valence-corrected chi connectivity index (χ0v) is 18.1. The van der Waals surface area contributed by atoms with Crippen molar-refractivity contribution in [2.75, 3.05) is 7.11 Å². The molecule has 0 atom stereocenters. The summed E-state index contributed by atoms with van der Waals surface area (Å²) in [5, 5.41) is 9.24. The zero-order chi connectivity index (χ0) is 21.2. The van der Waals surface area contributed by atoms with Crippen molar-refractivity contribution in [3.05, 3.63) is 94.5 Å². The van der Waals surface area contributed by atoms with E-state index in [9.17, 15) is 0 Å². The van der Waals surface area contributed by atoms with E-state index in [2.05, 4.69) is 10.2 Å². The summed E-state index contributed by atoms with van der Waals surface area (Å²) >= 11 is 7.48. The van der Waals surface area contributed by atoms with Gasteiger partial charge in [-0.05, 0) is 35.4 Å². The van der Waals surface area contributed by atoms with Crippen LogP contribution in [0.3, 0.4) is 0 Å². The van der Waals surface area contributed by atoms with E-state index in [1.807, 2.05) is 72.8 Å². The van der Waals surface area contributed by atoms with Crippen LogP contribution in [0.5, 0.6) is 11.5 Å². The molecule has 0 spiro atoms. The average Bonchev–Trinajstić information content (AvgIpc) is 2.77. The summed E-state index contributed by atoms with van der Waals surface area (Å²) in [7, 11) is 1.60. The van der Waals surface area contributed by atoms with Gasteiger partial charge in [0.1, 0.15) is 6.61 Å². The van der Waals surface area contributed by atoms with Gasteiger partial charge in [0.05, 0.1) is 13.3 Å². The van der Waals surface area contributed by atoms with Crippen LogP contribution >= 0.6 is 23.4 Å². The zero-order valence-electron chi connectivity index (χ0n) is 16.5. The Morgan fingerprint density at radius 2 is 1.80 bits per heavy atom.